The van der Waals surface area contributed by atoms with Crippen LogP contribution in [0.5, 0.6) is 11.5 Å². The highest BCUT2D eigenvalue weighted by Crippen LogP contribution is 2.34. The Morgan fingerprint density at radius 1 is 1.07 bits per heavy atom. The summed E-state index contributed by atoms with van der Waals surface area (Å²) in [5.74, 6) is 0.801. The third-order valence-electron chi connectivity index (χ3n) is 4.09. The lowest BCUT2D eigenvalue weighted by molar-refractivity contribution is 0.0921. The van der Waals surface area contributed by atoms with Gasteiger partial charge in [0.2, 0.25) is 5.78 Å². The molecular weight excluding hydrogens is 342 g/mol. The molecule has 2 heterocycles. The molecule has 0 spiro atoms. The number of ketones is 2. The van der Waals surface area contributed by atoms with E-state index < -0.39 is 0 Å². The summed E-state index contributed by atoms with van der Waals surface area (Å²) >= 11 is 0. The minimum Gasteiger partial charge on any atom is -0.485 e. The fraction of sp³-hybridized carbons (Fsp3) is 0.0455. The molecule has 0 unspecified atom stereocenters. The molecule has 0 saturated heterocycles. The first kappa shape index (κ1) is 16.7. The number of benzene rings is 2. The minimum absolute atomic E-state index is 0.0882. The second-order valence-electron chi connectivity index (χ2n) is 5.96. The number of nitrogens with zero attached hydrogens (tertiary/aromatic N) is 1. The number of Topliss-reactive ketones (excluding diaryl/α,β-unsaturated/α-hetero) is 2. The van der Waals surface area contributed by atoms with Gasteiger partial charge in [-0.05, 0) is 29.8 Å². The van der Waals surface area contributed by atoms with Crippen molar-refractivity contribution in [2.45, 2.75) is 0 Å². The summed E-state index contributed by atoms with van der Waals surface area (Å²) in [5, 5.41) is 0. The van der Waals surface area contributed by atoms with Crippen molar-refractivity contribution in [1.82, 2.24) is 4.98 Å². The molecule has 0 saturated carbocycles. The molecule has 0 aliphatic carbocycles. The molecule has 132 valence electrons. The van der Waals surface area contributed by atoms with E-state index in [1.807, 2.05) is 12.1 Å². The molecule has 1 aliphatic heterocycles. The number of fused-ring (bicyclic) bond motifs is 1. The van der Waals surface area contributed by atoms with E-state index >= 15 is 0 Å². The molecule has 4 rings (SSSR count). The van der Waals surface area contributed by atoms with Crippen LogP contribution in [-0.4, -0.2) is 23.2 Å². The molecule has 27 heavy (non-hydrogen) atoms. The molecule has 0 amide bonds. The largest absolute Gasteiger partial charge is 0.485 e. The predicted molar refractivity (Wildman–Crippen MR) is 99.9 cm³/mol. The van der Waals surface area contributed by atoms with E-state index in [0.717, 1.165) is 5.56 Å². The zero-order valence-electron chi connectivity index (χ0n) is 14.3. The van der Waals surface area contributed by atoms with Gasteiger partial charge < -0.3 is 9.47 Å². The van der Waals surface area contributed by atoms with Gasteiger partial charge in [0.05, 0.1) is 5.56 Å². The van der Waals surface area contributed by atoms with Crippen molar-refractivity contribution in [1.29, 1.82) is 0 Å². The first-order valence-electron chi connectivity index (χ1n) is 8.40. The Hall–Kier alpha value is -3.73. The third-order valence-corrected chi connectivity index (χ3v) is 4.09. The van der Waals surface area contributed by atoms with Crippen molar-refractivity contribution in [3.8, 4) is 11.5 Å². The summed E-state index contributed by atoms with van der Waals surface area (Å²) < 4.78 is 11.2. The van der Waals surface area contributed by atoms with Crippen LogP contribution in [0, 0.1) is 0 Å². The minimum atomic E-state index is -0.194. The maximum absolute atomic E-state index is 12.5. The van der Waals surface area contributed by atoms with Crippen LogP contribution >= 0.6 is 0 Å². The van der Waals surface area contributed by atoms with Gasteiger partial charge in [-0.2, -0.15) is 0 Å². The van der Waals surface area contributed by atoms with Crippen LogP contribution < -0.4 is 9.47 Å². The normalized spacial score (nSPS) is 13.9. The highest BCUT2D eigenvalue weighted by Gasteiger charge is 2.27. The van der Waals surface area contributed by atoms with Crippen LogP contribution in [0.4, 0.5) is 0 Å². The molecular formula is C22H15NO4. The van der Waals surface area contributed by atoms with Gasteiger partial charge in [-0.25, -0.2) is 0 Å². The smallest absolute Gasteiger partial charge is 0.231 e. The van der Waals surface area contributed by atoms with Gasteiger partial charge in [-0.1, -0.05) is 36.4 Å². The van der Waals surface area contributed by atoms with E-state index in [9.17, 15) is 9.59 Å². The Morgan fingerprint density at radius 2 is 1.93 bits per heavy atom. The van der Waals surface area contributed by atoms with E-state index in [1.165, 1.54) is 0 Å². The maximum Gasteiger partial charge on any atom is 0.231 e. The molecule has 0 radical (unpaired) electrons. The Bertz CT molecular complexity index is 1030. The standard InChI is InChI=1S/C22H15NO4/c24-19(16-6-2-1-3-7-16)14-26-17-8-9-18-20(12-17)27-21(22(18)25)11-15-5-4-10-23-13-15/h1-13H,14H2. The van der Waals surface area contributed by atoms with Crippen LogP contribution in [-0.2, 0) is 0 Å². The Kier molecular flexibility index (Phi) is 4.49. The van der Waals surface area contributed by atoms with Gasteiger partial charge in [0, 0.05) is 24.0 Å². The summed E-state index contributed by atoms with van der Waals surface area (Å²) in [6.45, 7) is -0.0882. The zero-order chi connectivity index (χ0) is 18.6. The summed E-state index contributed by atoms with van der Waals surface area (Å²) in [4.78, 5) is 28.6. The average molecular weight is 357 g/mol. The SMILES string of the molecule is O=C(COc1ccc2c(c1)OC(=Cc1cccnc1)C2=O)c1ccccc1. The molecule has 0 atom stereocenters. The Morgan fingerprint density at radius 3 is 2.70 bits per heavy atom. The lowest BCUT2D eigenvalue weighted by Gasteiger charge is -2.06. The molecule has 0 bridgehead atoms. The summed E-state index contributed by atoms with van der Waals surface area (Å²) in [6.07, 6.45) is 4.96. The number of allylic oxidation sites excluding steroid dienone is 1. The van der Waals surface area contributed by atoms with Gasteiger partial charge in [0.15, 0.2) is 18.1 Å². The van der Waals surface area contributed by atoms with E-state index in [0.29, 0.717) is 22.6 Å². The first-order chi connectivity index (χ1) is 13.2. The lowest BCUT2D eigenvalue weighted by atomic mass is 10.1. The van der Waals surface area contributed by atoms with Crippen LogP contribution in [0.25, 0.3) is 6.08 Å². The highest BCUT2D eigenvalue weighted by atomic mass is 16.5. The van der Waals surface area contributed by atoms with Crippen molar-refractivity contribution >= 4 is 17.6 Å². The third kappa shape index (κ3) is 3.62. The first-order valence-corrected chi connectivity index (χ1v) is 8.40. The molecule has 1 aromatic heterocycles. The molecule has 0 N–H and O–H groups in total. The number of hydrogen-bond donors (Lipinski definition) is 0. The number of aromatic nitrogens is 1. The van der Waals surface area contributed by atoms with E-state index in [4.69, 9.17) is 9.47 Å². The van der Waals surface area contributed by atoms with Crippen molar-refractivity contribution in [2.24, 2.45) is 0 Å². The Balaban J connectivity index is 1.48. The molecule has 1 aliphatic rings. The fourth-order valence-electron chi connectivity index (χ4n) is 2.73. The van der Waals surface area contributed by atoms with Crippen molar-refractivity contribution in [2.75, 3.05) is 6.61 Å². The van der Waals surface area contributed by atoms with Crippen molar-refractivity contribution in [3.05, 3.63) is 95.5 Å². The predicted octanol–water partition coefficient (Wildman–Crippen LogP) is 3.96. The molecule has 5 heteroatoms. The number of ether oxygens (including phenoxy) is 2. The van der Waals surface area contributed by atoms with Crippen molar-refractivity contribution < 1.29 is 19.1 Å². The topological polar surface area (TPSA) is 65.5 Å². The summed E-state index contributed by atoms with van der Waals surface area (Å²) in [7, 11) is 0. The van der Waals surface area contributed by atoms with Gasteiger partial charge >= 0.3 is 0 Å². The number of rotatable bonds is 5. The molecule has 5 nitrogen and oxygen atoms in total. The van der Waals surface area contributed by atoms with Gasteiger partial charge in [-0.15, -0.1) is 0 Å². The number of carbonyl (C=O) groups is 2. The van der Waals surface area contributed by atoms with Gasteiger partial charge in [-0.3, -0.25) is 14.6 Å². The fourth-order valence-corrected chi connectivity index (χ4v) is 2.73. The van der Waals surface area contributed by atoms with Gasteiger partial charge in [0.25, 0.3) is 0 Å². The zero-order valence-corrected chi connectivity index (χ0v) is 14.3. The summed E-state index contributed by atoms with van der Waals surface area (Å²) in [6, 6.07) is 17.5. The van der Waals surface area contributed by atoms with E-state index in [2.05, 4.69) is 4.98 Å². The van der Waals surface area contributed by atoms with Gasteiger partial charge in [0.1, 0.15) is 11.5 Å². The van der Waals surface area contributed by atoms with E-state index in [-0.39, 0.29) is 23.9 Å². The van der Waals surface area contributed by atoms with Crippen LogP contribution in [0.2, 0.25) is 0 Å². The quantitative estimate of drug-likeness (QED) is 0.511. The van der Waals surface area contributed by atoms with Crippen LogP contribution in [0.1, 0.15) is 26.3 Å². The average Bonchev–Trinajstić information content (AvgIpc) is 3.02. The van der Waals surface area contributed by atoms with Crippen LogP contribution in [0.15, 0.2) is 78.8 Å². The van der Waals surface area contributed by atoms with Crippen LogP contribution in [0.3, 0.4) is 0 Å². The maximum atomic E-state index is 12.5. The summed E-state index contributed by atoms with van der Waals surface area (Å²) in [5.41, 5.74) is 1.83. The Labute approximate surface area is 155 Å². The van der Waals surface area contributed by atoms with E-state index in [1.54, 1.807) is 67.0 Å². The number of carbonyl (C=O) groups excluding carboxylic acids is 2. The molecule has 0 fully saturated rings. The lowest BCUT2D eigenvalue weighted by Crippen LogP contribution is -2.11. The highest BCUT2D eigenvalue weighted by molar-refractivity contribution is 6.14. The van der Waals surface area contributed by atoms with Crippen molar-refractivity contribution in [3.63, 3.8) is 0 Å². The second kappa shape index (κ2) is 7.25. The molecule has 3 aromatic rings. The second-order valence-corrected chi connectivity index (χ2v) is 5.96. The number of hydrogen-bond acceptors (Lipinski definition) is 5. The molecule has 2 aromatic carbocycles. The number of pyridine rings is 1. The monoisotopic (exact) mass is 357 g/mol.